The molecule has 0 amide bonds. The first-order valence-electron chi connectivity index (χ1n) is 6.48. The van der Waals surface area contributed by atoms with Gasteiger partial charge in [-0.2, -0.15) is 0 Å². The van der Waals surface area contributed by atoms with Crippen molar-refractivity contribution in [1.29, 1.82) is 0 Å². The average molecular weight is 226 g/mol. The molecule has 2 aromatic rings. The van der Waals surface area contributed by atoms with Crippen LogP contribution in [0.1, 0.15) is 24.8 Å². The largest absolute Gasteiger partial charge is 0.314 e. The Morgan fingerprint density at radius 1 is 1.24 bits per heavy atom. The van der Waals surface area contributed by atoms with Crippen molar-refractivity contribution in [3.63, 3.8) is 0 Å². The molecule has 1 aromatic heterocycles. The Bertz CT molecular complexity index is 498. The highest BCUT2D eigenvalue weighted by Crippen LogP contribution is 2.20. The number of rotatable bonds is 5. The first kappa shape index (κ1) is 10.7. The van der Waals surface area contributed by atoms with Gasteiger partial charge in [0.05, 0.1) is 0 Å². The van der Waals surface area contributed by atoms with Crippen LogP contribution in [-0.2, 0) is 6.42 Å². The molecule has 0 aliphatic heterocycles. The van der Waals surface area contributed by atoms with Crippen LogP contribution in [0.2, 0.25) is 0 Å². The minimum Gasteiger partial charge on any atom is -0.314 e. The summed E-state index contributed by atoms with van der Waals surface area (Å²) in [6, 6.07) is 9.45. The van der Waals surface area contributed by atoms with Gasteiger partial charge >= 0.3 is 0 Å². The van der Waals surface area contributed by atoms with Crippen molar-refractivity contribution in [2.75, 3.05) is 6.54 Å². The molecule has 2 heteroatoms. The van der Waals surface area contributed by atoms with E-state index in [1.165, 1.54) is 35.6 Å². The van der Waals surface area contributed by atoms with Crippen LogP contribution in [0.3, 0.4) is 0 Å². The molecule has 1 aliphatic rings. The summed E-state index contributed by atoms with van der Waals surface area (Å²) in [5, 5.41) is 6.17. The van der Waals surface area contributed by atoms with Crippen LogP contribution in [0.5, 0.6) is 0 Å². The van der Waals surface area contributed by atoms with Gasteiger partial charge in [-0.3, -0.25) is 4.98 Å². The lowest BCUT2D eigenvalue weighted by Gasteiger charge is -2.06. The number of nitrogens with one attached hydrogen (secondary N) is 1. The number of benzene rings is 1. The van der Waals surface area contributed by atoms with E-state index in [1.54, 1.807) is 0 Å². The summed E-state index contributed by atoms with van der Waals surface area (Å²) in [4.78, 5) is 4.17. The van der Waals surface area contributed by atoms with Crippen molar-refractivity contribution in [1.82, 2.24) is 10.3 Å². The maximum Gasteiger partial charge on any atom is 0.0346 e. The molecule has 0 atom stereocenters. The van der Waals surface area contributed by atoms with Gasteiger partial charge in [0.1, 0.15) is 0 Å². The van der Waals surface area contributed by atoms with Crippen molar-refractivity contribution in [2.24, 2.45) is 0 Å². The Morgan fingerprint density at radius 3 is 3.06 bits per heavy atom. The van der Waals surface area contributed by atoms with Crippen LogP contribution in [0.15, 0.2) is 36.7 Å². The SMILES string of the molecule is c1cc(CCCNC2CC2)c2ccncc2c1. The van der Waals surface area contributed by atoms with E-state index in [0.29, 0.717) is 0 Å². The van der Waals surface area contributed by atoms with Crippen LogP contribution in [0.4, 0.5) is 0 Å². The van der Waals surface area contributed by atoms with Gasteiger partial charge in [0.25, 0.3) is 0 Å². The lowest BCUT2D eigenvalue weighted by molar-refractivity contribution is 0.646. The number of hydrogen-bond donors (Lipinski definition) is 1. The summed E-state index contributed by atoms with van der Waals surface area (Å²) < 4.78 is 0. The number of hydrogen-bond acceptors (Lipinski definition) is 2. The van der Waals surface area contributed by atoms with Crippen molar-refractivity contribution in [2.45, 2.75) is 31.7 Å². The Morgan fingerprint density at radius 2 is 2.18 bits per heavy atom. The zero-order valence-corrected chi connectivity index (χ0v) is 10.0. The molecule has 17 heavy (non-hydrogen) atoms. The summed E-state index contributed by atoms with van der Waals surface area (Å²) in [5.74, 6) is 0. The molecule has 0 saturated heterocycles. The fourth-order valence-corrected chi connectivity index (χ4v) is 2.28. The van der Waals surface area contributed by atoms with Crippen molar-refractivity contribution in [3.8, 4) is 0 Å². The molecule has 0 spiro atoms. The fraction of sp³-hybridized carbons (Fsp3) is 0.400. The molecule has 1 fully saturated rings. The zero-order valence-electron chi connectivity index (χ0n) is 10.0. The van der Waals surface area contributed by atoms with E-state index in [-0.39, 0.29) is 0 Å². The topological polar surface area (TPSA) is 24.9 Å². The molecule has 1 heterocycles. The van der Waals surface area contributed by atoms with Crippen LogP contribution in [-0.4, -0.2) is 17.6 Å². The quantitative estimate of drug-likeness (QED) is 0.793. The van der Waals surface area contributed by atoms with E-state index < -0.39 is 0 Å². The number of pyridine rings is 1. The molecule has 0 bridgehead atoms. The molecular formula is C15H18N2. The monoisotopic (exact) mass is 226 g/mol. The van der Waals surface area contributed by atoms with Crippen LogP contribution < -0.4 is 5.32 Å². The zero-order chi connectivity index (χ0) is 11.5. The molecule has 1 aromatic carbocycles. The first-order valence-corrected chi connectivity index (χ1v) is 6.48. The van der Waals surface area contributed by atoms with Gasteiger partial charge in [0.15, 0.2) is 0 Å². The van der Waals surface area contributed by atoms with Gasteiger partial charge in [-0.15, -0.1) is 0 Å². The van der Waals surface area contributed by atoms with Gasteiger partial charge in [-0.25, -0.2) is 0 Å². The summed E-state index contributed by atoms with van der Waals surface area (Å²) in [6.07, 6.45) is 8.95. The van der Waals surface area contributed by atoms with E-state index in [9.17, 15) is 0 Å². The van der Waals surface area contributed by atoms with E-state index in [0.717, 1.165) is 19.0 Å². The minimum atomic E-state index is 0.826. The fourth-order valence-electron chi connectivity index (χ4n) is 2.28. The molecule has 1 N–H and O–H groups in total. The molecule has 2 nitrogen and oxygen atoms in total. The van der Waals surface area contributed by atoms with Gasteiger partial charge in [-0.05, 0) is 49.2 Å². The van der Waals surface area contributed by atoms with Crippen molar-refractivity contribution < 1.29 is 0 Å². The van der Waals surface area contributed by atoms with Gasteiger partial charge in [0, 0.05) is 23.8 Å². The van der Waals surface area contributed by atoms with Gasteiger partial charge < -0.3 is 5.32 Å². The molecule has 0 unspecified atom stereocenters. The Labute approximate surface area is 102 Å². The maximum absolute atomic E-state index is 4.17. The summed E-state index contributed by atoms with van der Waals surface area (Å²) in [5.41, 5.74) is 1.45. The van der Waals surface area contributed by atoms with Crippen molar-refractivity contribution >= 4 is 10.8 Å². The number of aromatic nitrogens is 1. The molecule has 3 rings (SSSR count). The highest BCUT2D eigenvalue weighted by Gasteiger charge is 2.19. The second-order valence-corrected chi connectivity index (χ2v) is 4.85. The molecule has 88 valence electrons. The lowest BCUT2D eigenvalue weighted by atomic mass is 10.0. The highest BCUT2D eigenvalue weighted by atomic mass is 14.9. The number of aryl methyl sites for hydroxylation is 1. The second kappa shape index (κ2) is 4.84. The number of nitrogens with zero attached hydrogens (tertiary/aromatic N) is 1. The summed E-state index contributed by atoms with van der Waals surface area (Å²) in [7, 11) is 0. The molecule has 1 aliphatic carbocycles. The van der Waals surface area contributed by atoms with Gasteiger partial charge in [0.2, 0.25) is 0 Å². The van der Waals surface area contributed by atoms with Crippen LogP contribution >= 0.6 is 0 Å². The molecule has 0 radical (unpaired) electrons. The third-order valence-corrected chi connectivity index (χ3v) is 3.40. The van der Waals surface area contributed by atoms with Crippen LogP contribution in [0.25, 0.3) is 10.8 Å². The Kier molecular flexibility index (Phi) is 3.06. The molecule has 1 saturated carbocycles. The predicted molar refractivity (Wildman–Crippen MR) is 71.1 cm³/mol. The van der Waals surface area contributed by atoms with E-state index in [4.69, 9.17) is 0 Å². The van der Waals surface area contributed by atoms with Crippen molar-refractivity contribution in [3.05, 3.63) is 42.2 Å². The minimum absolute atomic E-state index is 0.826. The average Bonchev–Trinajstić information content (AvgIpc) is 3.19. The van der Waals surface area contributed by atoms with E-state index in [2.05, 4.69) is 34.6 Å². The highest BCUT2D eigenvalue weighted by molar-refractivity contribution is 5.84. The number of fused-ring (bicyclic) bond motifs is 1. The lowest BCUT2D eigenvalue weighted by Crippen LogP contribution is -2.17. The normalized spacial score (nSPS) is 15.3. The van der Waals surface area contributed by atoms with E-state index in [1.807, 2.05) is 12.4 Å². The smallest absolute Gasteiger partial charge is 0.0346 e. The van der Waals surface area contributed by atoms with Crippen LogP contribution in [0, 0.1) is 0 Å². The van der Waals surface area contributed by atoms with E-state index >= 15 is 0 Å². The Hall–Kier alpha value is -1.41. The molecular weight excluding hydrogens is 208 g/mol. The maximum atomic E-state index is 4.17. The standard InChI is InChI=1S/C15H18N2/c1-3-12(5-2-9-17-14-6-7-14)15-8-10-16-11-13(15)4-1/h1,3-4,8,10-11,14,17H,2,5-7,9H2. The summed E-state index contributed by atoms with van der Waals surface area (Å²) in [6.45, 7) is 1.14. The second-order valence-electron chi connectivity index (χ2n) is 4.85. The Balaban J connectivity index is 1.66. The van der Waals surface area contributed by atoms with Gasteiger partial charge in [-0.1, -0.05) is 18.2 Å². The third-order valence-electron chi connectivity index (χ3n) is 3.40. The third kappa shape index (κ3) is 2.64. The first-order chi connectivity index (χ1) is 8.43. The summed E-state index contributed by atoms with van der Waals surface area (Å²) >= 11 is 0. The predicted octanol–water partition coefficient (Wildman–Crippen LogP) is 2.92.